The zero-order valence-corrected chi connectivity index (χ0v) is 13.3. The third-order valence-electron chi connectivity index (χ3n) is 4.12. The van der Waals surface area contributed by atoms with Gasteiger partial charge in [0.1, 0.15) is 17.1 Å². The van der Waals surface area contributed by atoms with Gasteiger partial charge in [0.2, 0.25) is 0 Å². The summed E-state index contributed by atoms with van der Waals surface area (Å²) in [6.45, 7) is 2.93. The van der Waals surface area contributed by atoms with Crippen molar-refractivity contribution in [2.75, 3.05) is 19.6 Å². The summed E-state index contributed by atoms with van der Waals surface area (Å²) < 4.78 is 13.5. The van der Waals surface area contributed by atoms with Gasteiger partial charge in [-0.25, -0.2) is 4.98 Å². The number of nitrogens with zero attached hydrogens (tertiary/aromatic N) is 2. The lowest BCUT2D eigenvalue weighted by Gasteiger charge is -2.30. The fourth-order valence-corrected chi connectivity index (χ4v) is 3.35. The zero-order valence-electron chi connectivity index (χ0n) is 12.5. The second-order valence-electron chi connectivity index (χ2n) is 5.52. The average Bonchev–Trinajstić information content (AvgIpc) is 2.85. The van der Waals surface area contributed by atoms with E-state index in [0.717, 1.165) is 48.5 Å². The lowest BCUT2D eigenvalue weighted by atomic mass is 10.0. The van der Waals surface area contributed by atoms with Crippen molar-refractivity contribution in [1.82, 2.24) is 9.55 Å². The van der Waals surface area contributed by atoms with Gasteiger partial charge in [0.25, 0.3) is 0 Å². The normalized spacial score (nSPS) is 22.6. The number of fused-ring (bicyclic) bond motifs is 1. The number of para-hydroxylation sites is 1. The van der Waals surface area contributed by atoms with E-state index < -0.39 is 0 Å². The molecule has 3 rings (SSSR count). The molecule has 0 N–H and O–H groups in total. The predicted octanol–water partition coefficient (Wildman–Crippen LogP) is 3.57. The van der Waals surface area contributed by atoms with E-state index in [1.165, 1.54) is 0 Å². The maximum atomic E-state index is 5.97. The Morgan fingerprint density at radius 1 is 1.48 bits per heavy atom. The van der Waals surface area contributed by atoms with Crippen LogP contribution in [0.15, 0.2) is 18.2 Å². The number of hydrogen-bond donors (Lipinski definition) is 0. The van der Waals surface area contributed by atoms with Crippen molar-refractivity contribution in [1.29, 1.82) is 0 Å². The molecule has 2 aromatic rings. The predicted molar refractivity (Wildman–Crippen MR) is 84.4 cm³/mol. The van der Waals surface area contributed by atoms with Crippen molar-refractivity contribution >= 4 is 22.6 Å². The number of benzene rings is 1. The summed E-state index contributed by atoms with van der Waals surface area (Å²) in [6.07, 6.45) is 3.08. The molecule has 1 saturated heterocycles. The Morgan fingerprint density at radius 2 is 2.33 bits per heavy atom. The number of ether oxygens (including phenoxy) is 2. The fraction of sp³-hybridized carbons (Fsp3) is 0.562. The van der Waals surface area contributed by atoms with Crippen LogP contribution in [0.3, 0.4) is 0 Å². The highest BCUT2D eigenvalue weighted by atomic mass is 35.5. The summed E-state index contributed by atoms with van der Waals surface area (Å²) >= 11 is 5.97. The van der Waals surface area contributed by atoms with Gasteiger partial charge >= 0.3 is 0 Å². The molecule has 1 aromatic carbocycles. The minimum Gasteiger partial charge on any atom is -0.494 e. The molecule has 21 heavy (non-hydrogen) atoms. The van der Waals surface area contributed by atoms with Crippen LogP contribution in [0.25, 0.3) is 11.0 Å². The number of alkyl halides is 1. The van der Waals surface area contributed by atoms with Crippen LogP contribution in [-0.2, 0) is 11.2 Å². The van der Waals surface area contributed by atoms with E-state index in [-0.39, 0.29) is 6.10 Å². The van der Waals surface area contributed by atoms with Crippen LogP contribution in [0, 0.1) is 0 Å². The minimum absolute atomic E-state index is 0.288. The first-order valence-electron chi connectivity index (χ1n) is 7.46. The molecule has 2 atom stereocenters. The number of imidazole rings is 1. The molecule has 1 aromatic heterocycles. The summed E-state index contributed by atoms with van der Waals surface area (Å²) in [6, 6.07) is 6.51. The highest BCUT2D eigenvalue weighted by molar-refractivity contribution is 6.17. The monoisotopic (exact) mass is 308 g/mol. The molecular formula is C16H21ClN2O2. The van der Waals surface area contributed by atoms with Crippen LogP contribution in [0.1, 0.15) is 31.6 Å². The van der Waals surface area contributed by atoms with E-state index in [4.69, 9.17) is 26.1 Å². The summed E-state index contributed by atoms with van der Waals surface area (Å²) in [7, 11) is 1.69. The van der Waals surface area contributed by atoms with E-state index in [2.05, 4.69) is 17.6 Å². The van der Waals surface area contributed by atoms with Crippen molar-refractivity contribution in [3.8, 4) is 5.75 Å². The first kappa shape index (κ1) is 14.7. The van der Waals surface area contributed by atoms with Gasteiger partial charge < -0.3 is 14.0 Å². The van der Waals surface area contributed by atoms with E-state index in [9.17, 15) is 0 Å². The van der Waals surface area contributed by atoms with Crippen molar-refractivity contribution in [3.05, 3.63) is 24.0 Å². The molecule has 0 spiro atoms. The Kier molecular flexibility index (Phi) is 4.36. The number of aromatic nitrogens is 2. The highest BCUT2D eigenvalue weighted by Gasteiger charge is 2.25. The Labute approximate surface area is 130 Å². The van der Waals surface area contributed by atoms with Gasteiger partial charge in [-0.05, 0) is 31.9 Å². The number of aryl methyl sites for hydroxylation is 1. The Morgan fingerprint density at radius 3 is 3.05 bits per heavy atom. The standard InChI is InChI=1S/C16H21ClN2O2/c1-11-10-12(7-9-21-11)19-13-4-3-5-14(20-2)16(13)18-15(19)6-8-17/h3-5,11-12H,6-10H2,1-2H3. The number of rotatable bonds is 4. The minimum atomic E-state index is 0.288. The Balaban J connectivity index is 2.11. The van der Waals surface area contributed by atoms with Gasteiger partial charge in [-0.1, -0.05) is 6.07 Å². The molecule has 1 aliphatic heterocycles. The summed E-state index contributed by atoms with van der Waals surface area (Å²) in [4.78, 5) is 4.79. The number of halogens is 1. The molecule has 2 unspecified atom stereocenters. The van der Waals surface area contributed by atoms with Crippen LogP contribution < -0.4 is 4.74 Å². The molecular weight excluding hydrogens is 288 g/mol. The molecule has 0 aliphatic carbocycles. The van der Waals surface area contributed by atoms with Crippen molar-refractivity contribution < 1.29 is 9.47 Å². The van der Waals surface area contributed by atoms with Gasteiger partial charge in [0.05, 0.1) is 18.7 Å². The fourth-order valence-electron chi connectivity index (χ4n) is 3.18. The highest BCUT2D eigenvalue weighted by Crippen LogP contribution is 2.33. The van der Waals surface area contributed by atoms with E-state index in [0.29, 0.717) is 11.9 Å². The molecule has 114 valence electrons. The number of hydrogen-bond acceptors (Lipinski definition) is 3. The second kappa shape index (κ2) is 6.24. The first-order chi connectivity index (χ1) is 10.2. The largest absolute Gasteiger partial charge is 0.494 e. The summed E-state index contributed by atoms with van der Waals surface area (Å²) in [5.41, 5.74) is 2.06. The molecule has 0 saturated carbocycles. The van der Waals surface area contributed by atoms with Crippen LogP contribution in [0.2, 0.25) is 0 Å². The van der Waals surface area contributed by atoms with Gasteiger partial charge in [-0.2, -0.15) is 0 Å². The van der Waals surface area contributed by atoms with Crippen molar-refractivity contribution in [2.24, 2.45) is 0 Å². The lowest BCUT2D eigenvalue weighted by Crippen LogP contribution is -2.26. The van der Waals surface area contributed by atoms with Gasteiger partial charge in [0, 0.05) is 24.9 Å². The second-order valence-corrected chi connectivity index (χ2v) is 5.90. The number of methoxy groups -OCH3 is 1. The quantitative estimate of drug-likeness (QED) is 0.810. The smallest absolute Gasteiger partial charge is 0.146 e. The molecule has 1 aliphatic rings. The van der Waals surface area contributed by atoms with Crippen LogP contribution in [-0.4, -0.2) is 35.3 Å². The van der Waals surface area contributed by atoms with E-state index in [1.54, 1.807) is 7.11 Å². The molecule has 0 amide bonds. The molecule has 5 heteroatoms. The molecule has 0 radical (unpaired) electrons. The van der Waals surface area contributed by atoms with Crippen LogP contribution in [0.5, 0.6) is 5.75 Å². The maximum absolute atomic E-state index is 5.97. The third kappa shape index (κ3) is 2.74. The maximum Gasteiger partial charge on any atom is 0.146 e. The first-order valence-corrected chi connectivity index (χ1v) is 7.99. The molecule has 2 heterocycles. The topological polar surface area (TPSA) is 36.3 Å². The third-order valence-corrected chi connectivity index (χ3v) is 4.31. The summed E-state index contributed by atoms with van der Waals surface area (Å²) in [5.74, 6) is 2.44. The Hall–Kier alpha value is -1.26. The van der Waals surface area contributed by atoms with Gasteiger partial charge in [0.15, 0.2) is 0 Å². The Bertz CT molecular complexity index is 626. The van der Waals surface area contributed by atoms with Crippen molar-refractivity contribution in [3.63, 3.8) is 0 Å². The van der Waals surface area contributed by atoms with Crippen molar-refractivity contribution in [2.45, 2.75) is 38.3 Å². The average molecular weight is 309 g/mol. The molecule has 0 bridgehead atoms. The molecule has 1 fully saturated rings. The molecule has 4 nitrogen and oxygen atoms in total. The van der Waals surface area contributed by atoms with Gasteiger partial charge in [-0.15, -0.1) is 11.6 Å². The lowest BCUT2D eigenvalue weighted by molar-refractivity contribution is 0.00625. The van der Waals surface area contributed by atoms with Gasteiger partial charge in [-0.3, -0.25) is 0 Å². The SMILES string of the molecule is COc1cccc2c1nc(CCCl)n2C1CCOC(C)C1. The summed E-state index contributed by atoms with van der Waals surface area (Å²) in [5, 5.41) is 0. The van der Waals surface area contributed by atoms with Crippen LogP contribution in [0.4, 0.5) is 0 Å². The van der Waals surface area contributed by atoms with Crippen LogP contribution >= 0.6 is 11.6 Å². The van der Waals surface area contributed by atoms with E-state index in [1.807, 2.05) is 12.1 Å². The zero-order chi connectivity index (χ0) is 14.8. The van der Waals surface area contributed by atoms with E-state index >= 15 is 0 Å².